The topological polar surface area (TPSA) is 17.8 Å². The van der Waals surface area contributed by atoms with Gasteiger partial charge in [-0.3, -0.25) is 0 Å². The minimum absolute atomic E-state index is 0. The molecule has 0 unspecified atom stereocenters. The van der Waals surface area contributed by atoms with E-state index in [0.29, 0.717) is 0 Å². The number of rotatable bonds is 0. The monoisotopic (exact) mass is 156 g/mol. The van der Waals surface area contributed by atoms with Crippen LogP contribution in [-0.4, -0.2) is 9.78 Å². The maximum Gasteiger partial charge on any atom is 1.00 e. The van der Waals surface area contributed by atoms with Crippen molar-refractivity contribution in [1.82, 2.24) is 9.78 Å². The molecule has 56 valence electrons. The van der Waals surface area contributed by atoms with Gasteiger partial charge in [0.05, 0.1) is 0 Å². The van der Waals surface area contributed by atoms with Crippen LogP contribution in [0.2, 0.25) is 0 Å². The summed E-state index contributed by atoms with van der Waals surface area (Å²) < 4.78 is 36.1. The van der Waals surface area contributed by atoms with Gasteiger partial charge >= 0.3 is 25.0 Å². The Bertz CT molecular complexity index is 230. The van der Waals surface area contributed by atoms with Crippen LogP contribution in [0.25, 0.3) is 0 Å². The molecule has 2 nitrogen and oxygen atoms in total. The van der Waals surface area contributed by atoms with Crippen molar-refractivity contribution in [2.45, 2.75) is 6.18 Å². The third-order valence-corrected chi connectivity index (χ3v) is 0.914. The second kappa shape index (κ2) is 3.33. The summed E-state index contributed by atoms with van der Waals surface area (Å²) in [6.07, 6.45) is -3.25. The van der Waals surface area contributed by atoms with Gasteiger partial charge in [-0.15, -0.1) is 0 Å². The summed E-state index contributed by atoms with van der Waals surface area (Å²) in [4.78, 5) is 0. The van der Waals surface area contributed by atoms with Crippen LogP contribution in [0.1, 0.15) is 5.69 Å². The van der Waals surface area contributed by atoms with Crippen LogP contribution in [0.3, 0.4) is 0 Å². The Morgan fingerprint density at radius 2 is 2.09 bits per heavy atom. The Labute approximate surface area is 73.6 Å². The van der Waals surface area contributed by atoms with Gasteiger partial charge in [-0.2, -0.15) is 19.4 Å². The van der Waals surface area contributed by atoms with Crippen molar-refractivity contribution < 1.29 is 32.0 Å². The number of halogens is 3. The molecule has 1 aromatic heterocycles. The van der Waals surface area contributed by atoms with E-state index < -0.39 is 11.9 Å². The van der Waals surface area contributed by atoms with Gasteiger partial charge in [0.25, 0.3) is 0 Å². The summed E-state index contributed by atoms with van der Waals surface area (Å²) in [6, 6.07) is 1.97. The van der Waals surface area contributed by atoms with E-state index in [-0.39, 0.29) is 18.9 Å². The Morgan fingerprint density at radius 3 is 2.27 bits per heavy atom. The number of aryl methyl sites for hydroxylation is 1. The second-order valence-corrected chi connectivity index (χ2v) is 1.79. The van der Waals surface area contributed by atoms with Gasteiger partial charge in [-0.25, -0.2) is 5.10 Å². The van der Waals surface area contributed by atoms with E-state index in [2.05, 4.69) is 5.10 Å². The van der Waals surface area contributed by atoms with E-state index >= 15 is 0 Å². The first-order valence-corrected chi connectivity index (χ1v) is 2.48. The van der Waals surface area contributed by atoms with Crippen LogP contribution in [0.4, 0.5) is 13.2 Å². The minimum atomic E-state index is -4.37. The van der Waals surface area contributed by atoms with Crippen molar-refractivity contribution in [3.05, 3.63) is 18.0 Å². The Morgan fingerprint density at radius 1 is 1.55 bits per heavy atom. The zero-order chi connectivity index (χ0) is 7.78. The summed E-state index contributed by atoms with van der Waals surface area (Å²) in [7, 11) is 1.41. The smallest absolute Gasteiger partial charge is 0.420 e. The molecule has 0 aliphatic carbocycles. The molecule has 0 aromatic carbocycles. The van der Waals surface area contributed by atoms with E-state index in [4.69, 9.17) is 0 Å². The van der Waals surface area contributed by atoms with Gasteiger partial charge in [0, 0.05) is 7.05 Å². The minimum Gasteiger partial charge on any atom is -0.420 e. The predicted octanol–water partition coefficient (Wildman–Crippen LogP) is -1.76. The van der Waals surface area contributed by atoms with Crippen LogP contribution in [0.5, 0.6) is 0 Å². The van der Waals surface area contributed by atoms with E-state index in [1.165, 1.54) is 7.05 Å². The fourth-order valence-corrected chi connectivity index (χ4v) is 0.509. The van der Waals surface area contributed by atoms with Gasteiger partial charge < -0.3 is 10.7 Å². The Hall–Kier alpha value is -0.403. The van der Waals surface area contributed by atoms with Crippen molar-refractivity contribution in [2.75, 3.05) is 0 Å². The molecule has 0 N–H and O–H groups in total. The molecule has 0 atom stereocenters. The normalized spacial score (nSPS) is 10.9. The van der Waals surface area contributed by atoms with E-state index in [9.17, 15) is 13.2 Å². The number of hydrogen-bond donors (Lipinski definition) is 0. The Balaban J connectivity index is 0.000001000. The maximum absolute atomic E-state index is 11.7. The first-order chi connectivity index (χ1) is 4.50. The molecule has 0 amide bonds. The van der Waals surface area contributed by atoms with Crippen LogP contribution in [0, 0.1) is 6.07 Å². The molecule has 1 rings (SSSR count). The van der Waals surface area contributed by atoms with Crippen LogP contribution < -0.4 is 18.9 Å². The first-order valence-electron chi connectivity index (χ1n) is 2.48. The predicted molar refractivity (Wildman–Crippen MR) is 27.0 cm³/mol. The molecule has 0 saturated heterocycles. The molecule has 1 heterocycles. The number of hydrogen-bond acceptors (Lipinski definition) is 1. The summed E-state index contributed by atoms with van der Waals surface area (Å²) in [5.41, 5.74) is -0.977. The van der Waals surface area contributed by atoms with Crippen molar-refractivity contribution in [3.63, 3.8) is 0 Å². The quantitative estimate of drug-likeness (QED) is 0.321. The van der Waals surface area contributed by atoms with Crippen LogP contribution in [-0.2, 0) is 13.2 Å². The zero-order valence-electron chi connectivity index (χ0n) is 6.11. The molecule has 0 aliphatic rings. The zero-order valence-corrected chi connectivity index (χ0v) is 6.11. The van der Waals surface area contributed by atoms with Gasteiger partial charge in [0.2, 0.25) is 0 Å². The van der Waals surface area contributed by atoms with Gasteiger partial charge in [0.15, 0.2) is 0 Å². The van der Waals surface area contributed by atoms with Crippen molar-refractivity contribution >= 4 is 0 Å². The van der Waals surface area contributed by atoms with Crippen molar-refractivity contribution in [2.24, 2.45) is 7.05 Å². The van der Waals surface area contributed by atoms with Gasteiger partial charge in [-0.1, -0.05) is 0 Å². The molecule has 0 radical (unpaired) electrons. The van der Waals surface area contributed by atoms with E-state index in [1.54, 1.807) is 0 Å². The maximum atomic E-state index is 11.7. The molecule has 11 heavy (non-hydrogen) atoms. The average Bonchev–Trinajstić information content (AvgIpc) is 2.11. The van der Waals surface area contributed by atoms with E-state index in [0.717, 1.165) is 10.9 Å². The third-order valence-electron chi connectivity index (χ3n) is 0.914. The second-order valence-electron chi connectivity index (χ2n) is 1.79. The molecule has 0 bridgehead atoms. The van der Waals surface area contributed by atoms with Crippen molar-refractivity contribution in [1.29, 1.82) is 0 Å². The number of nitrogens with zero attached hydrogens (tertiary/aromatic N) is 2. The summed E-state index contributed by atoms with van der Waals surface area (Å²) in [5, 5.41) is 3.12. The third kappa shape index (κ3) is 2.60. The molecule has 0 saturated carbocycles. The molecular formula is C5H4F3LiN2. The first kappa shape index (κ1) is 10.6. The largest absolute Gasteiger partial charge is 1.00 e. The van der Waals surface area contributed by atoms with E-state index in [1.807, 2.05) is 6.07 Å². The summed E-state index contributed by atoms with van der Waals surface area (Å²) in [5.74, 6) is 0. The standard InChI is InChI=1S/C5H4F3N2.Li/c1-10-3-2-4(9-10)5(6,7)8;/h3H,1H3;/q-1;+1. The molecule has 0 aliphatic heterocycles. The molecule has 6 heteroatoms. The molecule has 1 aromatic rings. The molecule has 0 spiro atoms. The SMILES string of the molecule is Cn1c[c-]c(C(F)(F)F)n1.[Li+]. The number of aromatic nitrogens is 2. The van der Waals surface area contributed by atoms with Gasteiger partial charge in [0.1, 0.15) is 0 Å². The summed E-state index contributed by atoms with van der Waals surface area (Å²) in [6.45, 7) is 0. The van der Waals surface area contributed by atoms with Crippen molar-refractivity contribution in [3.8, 4) is 0 Å². The molecular weight excluding hydrogens is 152 g/mol. The van der Waals surface area contributed by atoms with Crippen LogP contribution >= 0.6 is 0 Å². The fourth-order valence-electron chi connectivity index (χ4n) is 0.509. The number of alkyl halides is 3. The average molecular weight is 156 g/mol. The van der Waals surface area contributed by atoms with Crippen LogP contribution in [0.15, 0.2) is 6.20 Å². The summed E-state index contributed by atoms with van der Waals surface area (Å²) >= 11 is 0. The van der Waals surface area contributed by atoms with Gasteiger partial charge in [-0.05, 0) is 5.69 Å². The molecule has 0 fully saturated rings. The fraction of sp³-hybridized carbons (Fsp3) is 0.400. The Kier molecular flexibility index (Phi) is 3.21.